The molecular formula is C15H15F2N7O. The third kappa shape index (κ3) is 3.23. The molecule has 3 N–H and O–H groups in total. The SMILES string of the molecule is Cn1nc2c(C(=O)NCc3ccnc(C(C)(F)F)c3)ncnc2c1N. The number of anilines is 1. The number of nitrogen functional groups attached to an aromatic ring is 1. The number of rotatable bonds is 4. The van der Waals surface area contributed by atoms with Crippen molar-refractivity contribution in [1.82, 2.24) is 30.0 Å². The van der Waals surface area contributed by atoms with Crippen molar-refractivity contribution in [1.29, 1.82) is 0 Å². The minimum absolute atomic E-state index is 0.0399. The number of alkyl halides is 2. The van der Waals surface area contributed by atoms with Gasteiger partial charge in [-0.1, -0.05) is 0 Å². The number of aromatic nitrogens is 5. The van der Waals surface area contributed by atoms with Crippen LogP contribution < -0.4 is 11.1 Å². The number of hydrogen-bond donors (Lipinski definition) is 2. The molecule has 0 radical (unpaired) electrons. The van der Waals surface area contributed by atoms with Crippen molar-refractivity contribution in [2.24, 2.45) is 7.05 Å². The number of amides is 1. The molecule has 0 saturated heterocycles. The highest BCUT2D eigenvalue weighted by Gasteiger charge is 2.26. The minimum atomic E-state index is -3.05. The second kappa shape index (κ2) is 6.04. The van der Waals surface area contributed by atoms with E-state index < -0.39 is 11.8 Å². The molecule has 0 spiro atoms. The van der Waals surface area contributed by atoms with Crippen LogP contribution in [0.1, 0.15) is 28.7 Å². The van der Waals surface area contributed by atoms with E-state index in [-0.39, 0.29) is 23.4 Å². The molecule has 25 heavy (non-hydrogen) atoms. The summed E-state index contributed by atoms with van der Waals surface area (Å²) in [4.78, 5) is 24.0. The fourth-order valence-electron chi connectivity index (χ4n) is 2.27. The van der Waals surface area contributed by atoms with Crippen LogP contribution in [0, 0.1) is 0 Å². The third-order valence-corrected chi connectivity index (χ3v) is 3.61. The van der Waals surface area contributed by atoms with Crippen molar-refractivity contribution >= 4 is 22.8 Å². The molecule has 3 heterocycles. The maximum Gasteiger partial charge on any atom is 0.286 e. The van der Waals surface area contributed by atoms with E-state index in [1.54, 1.807) is 13.1 Å². The minimum Gasteiger partial charge on any atom is -0.382 e. The fourth-order valence-corrected chi connectivity index (χ4v) is 2.27. The average Bonchev–Trinajstić information content (AvgIpc) is 2.87. The van der Waals surface area contributed by atoms with E-state index in [0.29, 0.717) is 16.9 Å². The monoisotopic (exact) mass is 347 g/mol. The highest BCUT2D eigenvalue weighted by molar-refractivity contribution is 6.04. The number of halogens is 2. The van der Waals surface area contributed by atoms with Gasteiger partial charge in [-0.05, 0) is 17.7 Å². The Hall–Kier alpha value is -3.17. The van der Waals surface area contributed by atoms with Gasteiger partial charge in [-0.25, -0.2) is 9.97 Å². The van der Waals surface area contributed by atoms with Crippen molar-refractivity contribution in [3.05, 3.63) is 41.6 Å². The Morgan fingerprint density at radius 2 is 2.08 bits per heavy atom. The highest BCUT2D eigenvalue weighted by atomic mass is 19.3. The van der Waals surface area contributed by atoms with Gasteiger partial charge < -0.3 is 11.1 Å². The quantitative estimate of drug-likeness (QED) is 0.737. The first-order valence-corrected chi connectivity index (χ1v) is 7.32. The molecule has 10 heteroatoms. The average molecular weight is 347 g/mol. The van der Waals surface area contributed by atoms with Crippen molar-refractivity contribution in [3.8, 4) is 0 Å². The van der Waals surface area contributed by atoms with Crippen LogP contribution in [0.5, 0.6) is 0 Å². The van der Waals surface area contributed by atoms with Gasteiger partial charge in [0.25, 0.3) is 11.8 Å². The molecule has 0 unspecified atom stereocenters. The number of hydrogen-bond acceptors (Lipinski definition) is 6. The molecule has 0 aliphatic carbocycles. The summed E-state index contributed by atoms with van der Waals surface area (Å²) in [7, 11) is 1.63. The summed E-state index contributed by atoms with van der Waals surface area (Å²) in [5.41, 5.74) is 6.67. The summed E-state index contributed by atoms with van der Waals surface area (Å²) in [6.45, 7) is 0.805. The van der Waals surface area contributed by atoms with Crippen LogP contribution in [0.4, 0.5) is 14.6 Å². The van der Waals surface area contributed by atoms with Crippen LogP contribution in [-0.2, 0) is 19.5 Å². The van der Waals surface area contributed by atoms with Gasteiger partial charge in [0, 0.05) is 26.7 Å². The van der Waals surface area contributed by atoms with Gasteiger partial charge >= 0.3 is 0 Å². The molecule has 3 aromatic rings. The molecule has 0 atom stereocenters. The Labute approximate surface area is 141 Å². The predicted molar refractivity (Wildman–Crippen MR) is 85.7 cm³/mol. The number of nitrogens with one attached hydrogen (secondary N) is 1. The van der Waals surface area contributed by atoms with Crippen LogP contribution in [0.2, 0.25) is 0 Å². The van der Waals surface area contributed by atoms with Gasteiger partial charge in [-0.2, -0.15) is 13.9 Å². The molecule has 0 saturated carbocycles. The van der Waals surface area contributed by atoms with Crippen LogP contribution in [0.15, 0.2) is 24.7 Å². The summed E-state index contributed by atoms with van der Waals surface area (Å²) < 4.78 is 28.0. The zero-order valence-corrected chi connectivity index (χ0v) is 13.5. The van der Waals surface area contributed by atoms with Crippen LogP contribution >= 0.6 is 0 Å². The van der Waals surface area contributed by atoms with E-state index in [1.807, 2.05) is 0 Å². The molecule has 0 bridgehead atoms. The van der Waals surface area contributed by atoms with Crippen molar-refractivity contribution < 1.29 is 13.6 Å². The molecule has 3 aromatic heterocycles. The van der Waals surface area contributed by atoms with Crippen molar-refractivity contribution in [3.63, 3.8) is 0 Å². The lowest BCUT2D eigenvalue weighted by Gasteiger charge is -2.11. The molecule has 0 aromatic carbocycles. The van der Waals surface area contributed by atoms with Crippen LogP contribution in [-0.4, -0.2) is 30.6 Å². The van der Waals surface area contributed by atoms with E-state index in [2.05, 4.69) is 25.4 Å². The number of nitrogens with two attached hydrogens (primary N) is 1. The summed E-state index contributed by atoms with van der Waals surface area (Å²) in [6.07, 6.45) is 2.49. The summed E-state index contributed by atoms with van der Waals surface area (Å²) in [6, 6.07) is 2.79. The molecule has 130 valence electrons. The number of carbonyl (C=O) groups is 1. The maximum atomic E-state index is 13.3. The van der Waals surface area contributed by atoms with Gasteiger partial charge in [-0.3, -0.25) is 14.5 Å². The van der Waals surface area contributed by atoms with Gasteiger partial charge in [0.15, 0.2) is 5.69 Å². The number of aryl methyl sites for hydroxylation is 1. The summed E-state index contributed by atoms with van der Waals surface area (Å²) >= 11 is 0. The second-order valence-electron chi connectivity index (χ2n) is 5.55. The molecule has 0 aliphatic rings. The fraction of sp³-hybridized carbons (Fsp3) is 0.267. The smallest absolute Gasteiger partial charge is 0.286 e. The zero-order chi connectivity index (χ0) is 18.2. The zero-order valence-electron chi connectivity index (χ0n) is 13.5. The summed E-state index contributed by atoms with van der Waals surface area (Å²) in [5, 5.41) is 6.75. The number of pyridine rings is 1. The Kier molecular flexibility index (Phi) is 4.03. The topological polar surface area (TPSA) is 112 Å². The van der Waals surface area contributed by atoms with Crippen molar-refractivity contribution in [2.75, 3.05) is 5.73 Å². The Morgan fingerprint density at radius 1 is 1.32 bits per heavy atom. The molecule has 0 fully saturated rings. The number of carbonyl (C=O) groups excluding carboxylic acids is 1. The van der Waals surface area contributed by atoms with E-state index >= 15 is 0 Å². The standard InChI is InChI=1S/C15H15F2N7O/c1-15(16,17)9-5-8(3-4-19-9)6-20-14(25)12-10-11(21-7-22-12)13(18)24(2)23-10/h3-5,7H,6,18H2,1-2H3,(H,20,25). The normalized spacial score (nSPS) is 11.7. The molecular weight excluding hydrogens is 332 g/mol. The summed E-state index contributed by atoms with van der Waals surface area (Å²) in [5.74, 6) is -3.24. The van der Waals surface area contributed by atoms with Gasteiger partial charge in [0.05, 0.1) is 0 Å². The number of nitrogens with zero attached hydrogens (tertiary/aromatic N) is 5. The third-order valence-electron chi connectivity index (χ3n) is 3.61. The lowest BCUT2D eigenvalue weighted by Crippen LogP contribution is -2.24. The van der Waals surface area contributed by atoms with Crippen molar-refractivity contribution in [2.45, 2.75) is 19.4 Å². The highest BCUT2D eigenvalue weighted by Crippen LogP contribution is 2.25. The maximum absolute atomic E-state index is 13.3. The Morgan fingerprint density at radius 3 is 2.80 bits per heavy atom. The Bertz CT molecular complexity index is 949. The van der Waals surface area contributed by atoms with Crippen LogP contribution in [0.3, 0.4) is 0 Å². The lowest BCUT2D eigenvalue weighted by molar-refractivity contribution is 0.0127. The Balaban J connectivity index is 1.81. The van der Waals surface area contributed by atoms with Gasteiger partial charge in [0.1, 0.15) is 28.9 Å². The van der Waals surface area contributed by atoms with E-state index in [9.17, 15) is 13.6 Å². The molecule has 1 amide bonds. The van der Waals surface area contributed by atoms with E-state index in [1.165, 1.54) is 23.3 Å². The predicted octanol–water partition coefficient (Wildman–Crippen LogP) is 1.38. The molecule has 8 nitrogen and oxygen atoms in total. The first-order valence-electron chi connectivity index (χ1n) is 7.32. The molecule has 0 aliphatic heterocycles. The van der Waals surface area contributed by atoms with E-state index in [4.69, 9.17) is 5.73 Å². The van der Waals surface area contributed by atoms with Crippen LogP contribution in [0.25, 0.3) is 11.0 Å². The number of fused-ring (bicyclic) bond motifs is 1. The largest absolute Gasteiger partial charge is 0.382 e. The lowest BCUT2D eigenvalue weighted by atomic mass is 10.1. The van der Waals surface area contributed by atoms with Gasteiger partial charge in [0.2, 0.25) is 0 Å². The van der Waals surface area contributed by atoms with E-state index in [0.717, 1.165) is 6.92 Å². The van der Waals surface area contributed by atoms with Gasteiger partial charge in [-0.15, -0.1) is 0 Å². The molecule has 3 rings (SSSR count). The first kappa shape index (κ1) is 16.7. The second-order valence-corrected chi connectivity index (χ2v) is 5.55. The first-order chi connectivity index (χ1) is 11.8.